The summed E-state index contributed by atoms with van der Waals surface area (Å²) < 4.78 is 24.1. The molecule has 6 rings (SSSR count). The Balaban J connectivity index is 1.68. The largest absolute Gasteiger partial charge is 0.386 e. The summed E-state index contributed by atoms with van der Waals surface area (Å²) in [5, 5.41) is 25.4. The highest BCUT2D eigenvalue weighted by Gasteiger charge is 2.91. The Hall–Kier alpha value is -0.610. The fourth-order valence-corrected chi connectivity index (χ4v) is 10.7. The predicted molar refractivity (Wildman–Crippen MR) is 118 cm³/mol. The molecule has 0 aromatic rings. The van der Waals surface area contributed by atoms with Crippen LogP contribution in [0.2, 0.25) is 0 Å². The zero-order chi connectivity index (χ0) is 23.6. The summed E-state index contributed by atoms with van der Waals surface area (Å²) in [6.45, 7) is 4.19. The Labute approximate surface area is 195 Å². The SMILES string of the molecule is CCN1C[C@]2(COC)CCC(OC)[C@@]34[C@@H]5C[C@H]6C(=O)[C@@H]5[C@](O)(C[C@@H]6OC)[C@](O)([C@@H](OC)[C@H]23)[C@@H]14. The number of ketones is 1. The van der Waals surface area contributed by atoms with E-state index in [1.54, 1.807) is 28.4 Å². The molecule has 1 heterocycles. The molecule has 33 heavy (non-hydrogen) atoms. The minimum absolute atomic E-state index is 0.0498. The van der Waals surface area contributed by atoms with Gasteiger partial charge in [-0.1, -0.05) is 6.92 Å². The molecule has 0 aromatic carbocycles. The maximum atomic E-state index is 13.8. The second kappa shape index (κ2) is 6.99. The summed E-state index contributed by atoms with van der Waals surface area (Å²) in [7, 11) is 6.75. The molecule has 5 aliphatic carbocycles. The Kier molecular flexibility index (Phi) is 4.84. The fourth-order valence-electron chi connectivity index (χ4n) is 10.7. The van der Waals surface area contributed by atoms with Crippen LogP contribution in [0.4, 0.5) is 0 Å². The number of aliphatic hydroxyl groups is 2. The van der Waals surface area contributed by atoms with Crippen molar-refractivity contribution in [3.8, 4) is 0 Å². The zero-order valence-corrected chi connectivity index (χ0v) is 20.5. The van der Waals surface area contributed by atoms with E-state index >= 15 is 0 Å². The van der Waals surface area contributed by atoms with Gasteiger partial charge in [0, 0.05) is 64.1 Å². The number of piperidine rings is 1. The number of hydrogen-bond acceptors (Lipinski definition) is 8. The molecule has 1 spiro atoms. The van der Waals surface area contributed by atoms with E-state index in [-0.39, 0.29) is 47.5 Å². The van der Waals surface area contributed by atoms with Gasteiger partial charge in [0.05, 0.1) is 36.9 Å². The number of methoxy groups -OCH3 is 4. The van der Waals surface area contributed by atoms with Gasteiger partial charge in [0.15, 0.2) is 0 Å². The molecule has 7 bridgehead atoms. The van der Waals surface area contributed by atoms with Crippen LogP contribution in [-0.2, 0) is 23.7 Å². The first kappa shape index (κ1) is 22.8. The first-order valence-electron chi connectivity index (χ1n) is 12.6. The van der Waals surface area contributed by atoms with Crippen LogP contribution in [0, 0.1) is 34.5 Å². The topological polar surface area (TPSA) is 97.7 Å². The Morgan fingerprint density at radius 2 is 1.88 bits per heavy atom. The van der Waals surface area contributed by atoms with E-state index in [2.05, 4.69) is 11.8 Å². The second-order valence-electron chi connectivity index (χ2n) is 11.7. The van der Waals surface area contributed by atoms with Crippen LogP contribution in [0.25, 0.3) is 0 Å². The van der Waals surface area contributed by atoms with E-state index < -0.39 is 34.7 Å². The quantitative estimate of drug-likeness (QED) is 0.585. The average molecular weight is 466 g/mol. The van der Waals surface area contributed by atoms with Crippen LogP contribution in [0.15, 0.2) is 0 Å². The number of Topliss-reactive ketones (excluding diaryl/α,β-unsaturated/α-hetero) is 1. The number of likely N-dealkylation sites (N-methyl/N-ethyl adjacent to an activating group) is 1. The zero-order valence-electron chi connectivity index (χ0n) is 20.5. The monoisotopic (exact) mass is 465 g/mol. The van der Waals surface area contributed by atoms with Crippen molar-refractivity contribution in [1.29, 1.82) is 0 Å². The normalized spacial score (nSPS) is 58.7. The molecule has 8 nitrogen and oxygen atoms in total. The van der Waals surface area contributed by atoms with Crippen LogP contribution in [0.5, 0.6) is 0 Å². The van der Waals surface area contributed by atoms with E-state index in [4.69, 9.17) is 18.9 Å². The lowest BCUT2D eigenvalue weighted by molar-refractivity contribution is -0.301. The van der Waals surface area contributed by atoms with Gasteiger partial charge in [-0.3, -0.25) is 9.69 Å². The third-order valence-corrected chi connectivity index (χ3v) is 11.2. The molecule has 1 unspecified atom stereocenters. The molecule has 1 aliphatic heterocycles. The highest BCUT2D eigenvalue weighted by molar-refractivity contribution is 5.90. The summed E-state index contributed by atoms with van der Waals surface area (Å²) in [5.74, 6) is -0.972. The van der Waals surface area contributed by atoms with E-state index in [0.29, 0.717) is 13.0 Å². The number of rotatable bonds is 6. The molecule has 186 valence electrons. The third kappa shape index (κ3) is 2.15. The maximum Gasteiger partial charge on any atom is 0.144 e. The van der Waals surface area contributed by atoms with Gasteiger partial charge in [-0.2, -0.15) is 0 Å². The van der Waals surface area contributed by atoms with Gasteiger partial charge >= 0.3 is 0 Å². The van der Waals surface area contributed by atoms with Crippen molar-refractivity contribution in [2.45, 2.75) is 68.2 Å². The molecule has 1 saturated heterocycles. The predicted octanol–water partition coefficient (Wildman–Crippen LogP) is 0.479. The second-order valence-corrected chi connectivity index (χ2v) is 11.7. The lowest BCUT2D eigenvalue weighted by Crippen LogP contribution is -2.81. The van der Waals surface area contributed by atoms with Crippen molar-refractivity contribution >= 4 is 5.78 Å². The maximum absolute atomic E-state index is 13.8. The number of carbonyl (C=O) groups excluding carboxylic acids is 1. The van der Waals surface area contributed by atoms with Gasteiger partial charge in [-0.25, -0.2) is 0 Å². The number of carbonyl (C=O) groups is 1. The minimum atomic E-state index is -1.61. The van der Waals surface area contributed by atoms with Gasteiger partial charge in [-0.05, 0) is 31.7 Å². The minimum Gasteiger partial charge on any atom is -0.386 e. The lowest BCUT2D eigenvalue weighted by atomic mass is 9.42. The van der Waals surface area contributed by atoms with Crippen molar-refractivity contribution < 1.29 is 34.0 Å². The molecular weight excluding hydrogens is 426 g/mol. The van der Waals surface area contributed by atoms with E-state index in [0.717, 1.165) is 25.9 Å². The van der Waals surface area contributed by atoms with Crippen molar-refractivity contribution in [3.05, 3.63) is 0 Å². The van der Waals surface area contributed by atoms with Crippen LogP contribution in [-0.4, -0.2) is 105 Å². The van der Waals surface area contributed by atoms with Crippen LogP contribution in [0.3, 0.4) is 0 Å². The summed E-state index contributed by atoms with van der Waals surface area (Å²) in [6.07, 6.45) is 1.53. The number of nitrogens with zero attached hydrogens (tertiary/aromatic N) is 1. The molecule has 6 fully saturated rings. The van der Waals surface area contributed by atoms with Gasteiger partial charge in [-0.15, -0.1) is 0 Å². The highest BCUT2D eigenvalue weighted by Crippen LogP contribution is 2.79. The van der Waals surface area contributed by atoms with E-state index in [9.17, 15) is 15.0 Å². The molecule has 0 amide bonds. The van der Waals surface area contributed by atoms with E-state index in [1.807, 2.05) is 0 Å². The number of ether oxygens (including phenoxy) is 4. The molecule has 0 aromatic heterocycles. The van der Waals surface area contributed by atoms with Gasteiger partial charge in [0.2, 0.25) is 0 Å². The Morgan fingerprint density at radius 3 is 2.48 bits per heavy atom. The molecule has 12 atom stereocenters. The first-order valence-corrected chi connectivity index (χ1v) is 12.6. The van der Waals surface area contributed by atoms with Gasteiger partial charge in [0.25, 0.3) is 0 Å². The molecule has 8 heteroatoms. The number of fused-ring (bicyclic) bond motifs is 2. The van der Waals surface area contributed by atoms with Crippen molar-refractivity contribution in [3.63, 3.8) is 0 Å². The first-order chi connectivity index (χ1) is 15.8. The Morgan fingerprint density at radius 1 is 1.12 bits per heavy atom. The number of likely N-dealkylation sites (tertiary alicyclic amines) is 1. The summed E-state index contributed by atoms with van der Waals surface area (Å²) in [5.41, 5.74) is -3.95. The summed E-state index contributed by atoms with van der Waals surface area (Å²) in [4.78, 5) is 16.1. The van der Waals surface area contributed by atoms with Crippen molar-refractivity contribution in [2.24, 2.45) is 34.5 Å². The van der Waals surface area contributed by atoms with Crippen LogP contribution < -0.4 is 0 Å². The average Bonchev–Trinajstić information content (AvgIpc) is 3.16. The fraction of sp³-hybridized carbons (Fsp3) is 0.960. The summed E-state index contributed by atoms with van der Waals surface area (Å²) >= 11 is 0. The molecule has 2 N–H and O–H groups in total. The summed E-state index contributed by atoms with van der Waals surface area (Å²) in [6, 6.07) is -0.353. The van der Waals surface area contributed by atoms with Crippen molar-refractivity contribution in [2.75, 3.05) is 48.1 Å². The Bertz CT molecular complexity index is 855. The number of hydrogen-bond donors (Lipinski definition) is 2. The van der Waals surface area contributed by atoms with Crippen LogP contribution in [0.1, 0.15) is 32.6 Å². The molecule has 5 saturated carbocycles. The molecule has 6 aliphatic rings. The molecule has 0 radical (unpaired) electrons. The standard InChI is InChI=1S/C25H39NO7/c1-6-26-11-22(12-30-2)8-7-16(32-4)24-14-9-13-15(31-3)10-23(28,17(14)18(13)27)25(29,21(24)26)20(33-5)19(22)24/h13-17,19-21,28-29H,6-12H2,1-5H3/t13-,14-,15+,16?,17-,19-,20+,21+,22+,23-,24+,25+/m1/s1. The van der Waals surface area contributed by atoms with Gasteiger partial charge < -0.3 is 29.2 Å². The smallest absolute Gasteiger partial charge is 0.144 e. The lowest BCUT2D eigenvalue weighted by Gasteiger charge is -2.69. The highest BCUT2D eigenvalue weighted by atomic mass is 16.5. The van der Waals surface area contributed by atoms with Crippen LogP contribution >= 0.6 is 0 Å². The molecular formula is C25H39NO7. The van der Waals surface area contributed by atoms with E-state index in [1.165, 1.54) is 0 Å². The third-order valence-electron chi connectivity index (χ3n) is 11.2. The van der Waals surface area contributed by atoms with Gasteiger partial charge in [0.1, 0.15) is 17.0 Å². The van der Waals surface area contributed by atoms with Crippen molar-refractivity contribution in [1.82, 2.24) is 4.90 Å².